The molecule has 0 spiro atoms. The van der Waals surface area contributed by atoms with E-state index in [9.17, 15) is 17.2 Å². The van der Waals surface area contributed by atoms with Gasteiger partial charge in [-0.1, -0.05) is 0 Å². The van der Waals surface area contributed by atoms with Gasteiger partial charge >= 0.3 is 0 Å². The van der Waals surface area contributed by atoms with Crippen molar-refractivity contribution in [1.29, 1.82) is 0 Å². The van der Waals surface area contributed by atoms with Gasteiger partial charge in [0.1, 0.15) is 12.3 Å². The average Bonchev–Trinajstić information content (AvgIpc) is 2.74. The SMILES string of the molecule is CC(C)N1CCOc2c(F)cc(-c3nc(Nc4ccc(S(=O)(=O)Cl)cc4)ncc3F)cc21. The van der Waals surface area contributed by atoms with Crippen LogP contribution in [-0.4, -0.2) is 37.6 Å². The molecule has 1 aromatic heterocycles. The quantitative estimate of drug-likeness (QED) is 0.530. The molecule has 7 nitrogen and oxygen atoms in total. The summed E-state index contributed by atoms with van der Waals surface area (Å²) in [6.07, 6.45) is 0.982. The van der Waals surface area contributed by atoms with Crippen molar-refractivity contribution in [1.82, 2.24) is 9.97 Å². The van der Waals surface area contributed by atoms with E-state index >= 15 is 0 Å². The number of nitrogens with zero attached hydrogens (tertiary/aromatic N) is 3. The zero-order valence-electron chi connectivity index (χ0n) is 17.1. The van der Waals surface area contributed by atoms with Gasteiger partial charge < -0.3 is 15.0 Å². The summed E-state index contributed by atoms with van der Waals surface area (Å²) in [7, 11) is 1.46. The van der Waals surface area contributed by atoms with Crippen LogP contribution in [0.25, 0.3) is 11.3 Å². The number of hydrogen-bond acceptors (Lipinski definition) is 7. The van der Waals surface area contributed by atoms with E-state index in [1.165, 1.54) is 30.3 Å². The maximum Gasteiger partial charge on any atom is 0.261 e. The first kappa shape index (κ1) is 22.2. The average molecular weight is 481 g/mol. The van der Waals surface area contributed by atoms with Crippen molar-refractivity contribution in [2.24, 2.45) is 0 Å². The standard InChI is InChI=1S/C21H19ClF2N4O3S/c1-12(2)28-7-8-31-20-16(23)9-13(10-18(20)28)19-17(24)11-25-21(27-19)26-14-3-5-15(6-4-14)32(22,29)30/h3-6,9-12H,7-8H2,1-2H3,(H,25,26,27). The van der Waals surface area contributed by atoms with Crippen LogP contribution in [0.3, 0.4) is 0 Å². The van der Waals surface area contributed by atoms with Crippen molar-refractivity contribution in [3.63, 3.8) is 0 Å². The first-order valence-electron chi connectivity index (χ1n) is 9.71. The third kappa shape index (κ3) is 4.46. The lowest BCUT2D eigenvalue weighted by Gasteiger charge is -2.34. The Hall–Kier alpha value is -2.98. The third-order valence-corrected chi connectivity index (χ3v) is 6.31. The van der Waals surface area contributed by atoms with Crippen molar-refractivity contribution in [2.75, 3.05) is 23.4 Å². The summed E-state index contributed by atoms with van der Waals surface area (Å²) in [5.41, 5.74) is 1.15. The maximum absolute atomic E-state index is 14.8. The molecule has 0 bridgehead atoms. The van der Waals surface area contributed by atoms with Gasteiger partial charge in [-0.25, -0.2) is 27.2 Å². The highest BCUT2D eigenvalue weighted by molar-refractivity contribution is 8.13. The molecule has 0 saturated carbocycles. The zero-order valence-corrected chi connectivity index (χ0v) is 18.7. The van der Waals surface area contributed by atoms with Crippen LogP contribution in [0.1, 0.15) is 13.8 Å². The van der Waals surface area contributed by atoms with Crippen LogP contribution in [0, 0.1) is 11.6 Å². The maximum atomic E-state index is 14.8. The highest BCUT2D eigenvalue weighted by atomic mass is 35.7. The van der Waals surface area contributed by atoms with E-state index < -0.39 is 20.7 Å². The molecule has 0 radical (unpaired) electrons. The van der Waals surface area contributed by atoms with Crippen LogP contribution in [-0.2, 0) is 9.05 Å². The Labute approximate surface area is 188 Å². The number of rotatable bonds is 5. The van der Waals surface area contributed by atoms with E-state index in [0.29, 0.717) is 24.5 Å². The van der Waals surface area contributed by atoms with Gasteiger partial charge in [0, 0.05) is 28.0 Å². The van der Waals surface area contributed by atoms with Gasteiger partial charge in [-0.2, -0.15) is 0 Å². The zero-order chi connectivity index (χ0) is 23.0. The van der Waals surface area contributed by atoms with Gasteiger partial charge in [-0.3, -0.25) is 0 Å². The molecule has 11 heteroatoms. The molecule has 0 amide bonds. The minimum atomic E-state index is -3.85. The Kier molecular flexibility index (Phi) is 5.91. The molecule has 4 rings (SSSR count). The first-order chi connectivity index (χ1) is 15.1. The fourth-order valence-corrected chi connectivity index (χ4v) is 4.20. The molecule has 2 heterocycles. The van der Waals surface area contributed by atoms with Crippen LogP contribution in [0.5, 0.6) is 5.75 Å². The Bertz CT molecular complexity index is 1270. The normalized spacial score (nSPS) is 13.6. The van der Waals surface area contributed by atoms with E-state index in [0.717, 1.165) is 6.20 Å². The van der Waals surface area contributed by atoms with E-state index in [-0.39, 0.29) is 33.9 Å². The fraction of sp³-hybridized carbons (Fsp3) is 0.238. The smallest absolute Gasteiger partial charge is 0.261 e. The van der Waals surface area contributed by atoms with Crippen LogP contribution >= 0.6 is 10.7 Å². The minimum absolute atomic E-state index is 0.0537. The van der Waals surface area contributed by atoms with Crippen molar-refractivity contribution in [3.05, 3.63) is 54.2 Å². The van der Waals surface area contributed by atoms with Gasteiger partial charge in [0.15, 0.2) is 17.4 Å². The number of benzene rings is 2. The molecule has 3 aromatic rings. The van der Waals surface area contributed by atoms with Crippen LogP contribution in [0.2, 0.25) is 0 Å². The van der Waals surface area contributed by atoms with Gasteiger partial charge in [-0.15, -0.1) is 0 Å². The molecular weight excluding hydrogens is 462 g/mol. The van der Waals surface area contributed by atoms with Crippen molar-refractivity contribution in [2.45, 2.75) is 24.8 Å². The number of halogens is 3. The molecular formula is C21H19ClF2N4O3S. The second kappa shape index (κ2) is 8.51. The van der Waals surface area contributed by atoms with E-state index in [4.69, 9.17) is 15.4 Å². The summed E-state index contributed by atoms with van der Waals surface area (Å²) in [6, 6.07) is 8.49. The predicted octanol–water partition coefficient (Wildman–Crippen LogP) is 4.70. The van der Waals surface area contributed by atoms with Gasteiger partial charge in [-0.05, 0) is 50.2 Å². The number of hydrogen-bond donors (Lipinski definition) is 1. The lowest BCUT2D eigenvalue weighted by Crippen LogP contribution is -2.38. The molecule has 0 aliphatic carbocycles. The summed E-state index contributed by atoms with van der Waals surface area (Å²) >= 11 is 0. The summed E-state index contributed by atoms with van der Waals surface area (Å²) in [4.78, 5) is 10.0. The van der Waals surface area contributed by atoms with Gasteiger partial charge in [0.25, 0.3) is 9.05 Å². The molecule has 1 N–H and O–H groups in total. The second-order valence-electron chi connectivity index (χ2n) is 7.42. The number of fused-ring (bicyclic) bond motifs is 1. The second-order valence-corrected chi connectivity index (χ2v) is 9.99. The summed E-state index contributed by atoms with van der Waals surface area (Å²) < 4.78 is 57.6. The van der Waals surface area contributed by atoms with Gasteiger partial charge in [0.2, 0.25) is 5.95 Å². The Morgan fingerprint density at radius 1 is 1.16 bits per heavy atom. The molecule has 1 aliphatic heterocycles. The molecule has 2 aromatic carbocycles. The van der Waals surface area contributed by atoms with Crippen LogP contribution in [0.4, 0.5) is 26.1 Å². The lowest BCUT2D eigenvalue weighted by atomic mass is 10.1. The monoisotopic (exact) mass is 480 g/mol. The Morgan fingerprint density at radius 3 is 2.53 bits per heavy atom. The van der Waals surface area contributed by atoms with Crippen LogP contribution in [0.15, 0.2) is 47.5 Å². The third-order valence-electron chi connectivity index (χ3n) is 4.94. The van der Waals surface area contributed by atoms with Gasteiger partial charge in [0.05, 0.1) is 23.3 Å². The Balaban J connectivity index is 1.69. The molecule has 0 saturated heterocycles. The molecule has 168 valence electrons. The molecule has 1 aliphatic rings. The molecule has 0 unspecified atom stereocenters. The lowest BCUT2D eigenvalue weighted by molar-refractivity contribution is 0.287. The number of nitrogens with one attached hydrogen (secondary N) is 1. The predicted molar refractivity (Wildman–Crippen MR) is 118 cm³/mol. The van der Waals surface area contributed by atoms with E-state index in [1.54, 1.807) is 6.07 Å². The molecule has 32 heavy (non-hydrogen) atoms. The highest BCUT2D eigenvalue weighted by Gasteiger charge is 2.25. The Morgan fingerprint density at radius 2 is 1.88 bits per heavy atom. The highest BCUT2D eigenvalue weighted by Crippen LogP contribution is 2.39. The number of ether oxygens (including phenoxy) is 1. The summed E-state index contributed by atoms with van der Waals surface area (Å²) in [6.45, 7) is 4.91. The summed E-state index contributed by atoms with van der Waals surface area (Å²) in [5, 5.41) is 2.87. The summed E-state index contributed by atoms with van der Waals surface area (Å²) in [5.74, 6) is -1.13. The first-order valence-corrected chi connectivity index (χ1v) is 12.0. The fourth-order valence-electron chi connectivity index (χ4n) is 3.43. The molecule has 0 atom stereocenters. The minimum Gasteiger partial charge on any atom is -0.486 e. The largest absolute Gasteiger partial charge is 0.486 e. The number of aromatic nitrogens is 2. The van der Waals surface area contributed by atoms with Crippen molar-refractivity contribution in [3.8, 4) is 17.0 Å². The topological polar surface area (TPSA) is 84.4 Å². The number of anilines is 3. The van der Waals surface area contributed by atoms with E-state index in [1.807, 2.05) is 18.7 Å². The van der Waals surface area contributed by atoms with Crippen molar-refractivity contribution >= 4 is 37.1 Å². The van der Waals surface area contributed by atoms with Crippen LogP contribution < -0.4 is 15.0 Å². The van der Waals surface area contributed by atoms with E-state index in [2.05, 4.69) is 15.3 Å². The molecule has 0 fully saturated rings. The van der Waals surface area contributed by atoms with Crippen molar-refractivity contribution < 1.29 is 21.9 Å².